The van der Waals surface area contributed by atoms with Gasteiger partial charge in [-0.25, -0.2) is 13.2 Å². The first-order valence-electron chi connectivity index (χ1n) is 6.81. The van der Waals surface area contributed by atoms with Gasteiger partial charge in [-0.1, -0.05) is 0 Å². The highest BCUT2D eigenvalue weighted by Crippen LogP contribution is 2.38. The number of aromatic nitrogens is 1. The second-order valence-electron chi connectivity index (χ2n) is 5.60. The Morgan fingerprint density at radius 3 is 2.55 bits per heavy atom. The molecule has 1 aromatic carbocycles. The van der Waals surface area contributed by atoms with Crippen LogP contribution in [0.1, 0.15) is 35.8 Å². The Bertz CT molecular complexity index is 923. The Labute approximate surface area is 128 Å². The number of hydrogen-bond donors (Lipinski definition) is 1. The number of nitrogens with zero attached hydrogens (tertiary/aromatic N) is 2. The van der Waals surface area contributed by atoms with Crippen molar-refractivity contribution in [3.8, 4) is 0 Å². The maximum Gasteiger partial charge on any atom is 0.335 e. The number of carbonyl (C=O) groups is 1. The van der Waals surface area contributed by atoms with E-state index in [9.17, 15) is 18.3 Å². The molecule has 0 saturated carbocycles. The smallest absolute Gasteiger partial charge is 0.335 e. The molecule has 7 heteroatoms. The van der Waals surface area contributed by atoms with E-state index >= 15 is 0 Å². The lowest BCUT2D eigenvalue weighted by molar-refractivity contribution is 0.0697. The quantitative estimate of drug-likeness (QED) is 0.922. The topological polar surface area (TPSA) is 79.6 Å². The summed E-state index contributed by atoms with van der Waals surface area (Å²) in [5.41, 5.74) is 1.93. The van der Waals surface area contributed by atoms with Crippen molar-refractivity contribution in [3.05, 3.63) is 34.9 Å². The largest absolute Gasteiger partial charge is 0.478 e. The van der Waals surface area contributed by atoms with E-state index < -0.39 is 16.0 Å². The highest BCUT2D eigenvalue weighted by Gasteiger charge is 2.26. The van der Waals surface area contributed by atoms with Crippen LogP contribution in [-0.4, -0.2) is 31.1 Å². The monoisotopic (exact) mass is 320 g/mol. The summed E-state index contributed by atoms with van der Waals surface area (Å²) in [7, 11) is -2.17. The van der Waals surface area contributed by atoms with E-state index in [1.807, 2.05) is 24.6 Å². The normalized spacial score (nSPS) is 16.3. The molecule has 2 heterocycles. The maximum absolute atomic E-state index is 12.2. The number of rotatable bonds is 2. The first-order chi connectivity index (χ1) is 10.2. The summed E-state index contributed by atoms with van der Waals surface area (Å²) in [4.78, 5) is 11.4. The van der Waals surface area contributed by atoms with Gasteiger partial charge < -0.3 is 9.67 Å². The molecule has 116 valence electrons. The average molecular weight is 320 g/mol. The molecular weight excluding hydrogens is 304 g/mol. The van der Waals surface area contributed by atoms with Crippen LogP contribution in [0.2, 0.25) is 0 Å². The van der Waals surface area contributed by atoms with Gasteiger partial charge in [0.15, 0.2) is 0 Å². The van der Waals surface area contributed by atoms with Gasteiger partial charge in [0.05, 0.1) is 22.2 Å². The minimum Gasteiger partial charge on any atom is -0.478 e. The first-order valence-corrected chi connectivity index (χ1v) is 8.31. The lowest BCUT2D eigenvalue weighted by atomic mass is 10.1. The Kier molecular flexibility index (Phi) is 3.07. The zero-order valence-electron chi connectivity index (χ0n) is 12.4. The Balaban J connectivity index is 2.49. The third-order valence-electron chi connectivity index (χ3n) is 3.89. The van der Waals surface area contributed by atoms with Crippen molar-refractivity contribution >= 4 is 38.7 Å². The summed E-state index contributed by atoms with van der Waals surface area (Å²) in [6, 6.07) is 3.12. The van der Waals surface area contributed by atoms with Crippen molar-refractivity contribution in [2.24, 2.45) is 0 Å². The molecule has 0 unspecified atom stereocenters. The van der Waals surface area contributed by atoms with Gasteiger partial charge in [-0.2, -0.15) is 0 Å². The zero-order valence-corrected chi connectivity index (χ0v) is 13.3. The van der Waals surface area contributed by atoms with Crippen molar-refractivity contribution in [2.45, 2.75) is 19.9 Å². The summed E-state index contributed by atoms with van der Waals surface area (Å²) >= 11 is 0. The second-order valence-corrected chi connectivity index (χ2v) is 7.45. The zero-order chi connectivity index (χ0) is 16.2. The summed E-state index contributed by atoms with van der Waals surface area (Å²) < 4.78 is 27.5. The van der Waals surface area contributed by atoms with Crippen LogP contribution >= 0.6 is 0 Å². The highest BCUT2D eigenvalue weighted by atomic mass is 32.2. The highest BCUT2D eigenvalue weighted by molar-refractivity contribution is 7.95. The molecule has 0 amide bonds. The van der Waals surface area contributed by atoms with Crippen molar-refractivity contribution in [2.75, 3.05) is 11.4 Å². The average Bonchev–Trinajstić information content (AvgIpc) is 2.78. The fourth-order valence-electron chi connectivity index (χ4n) is 2.71. The molecule has 1 aliphatic heterocycles. The molecule has 3 rings (SSSR count). The van der Waals surface area contributed by atoms with Crippen molar-refractivity contribution in [1.29, 1.82) is 0 Å². The summed E-state index contributed by atoms with van der Waals surface area (Å²) in [6.07, 6.45) is 3.42. The van der Waals surface area contributed by atoms with Crippen LogP contribution in [0.3, 0.4) is 0 Å². The van der Waals surface area contributed by atoms with Gasteiger partial charge >= 0.3 is 5.97 Å². The van der Waals surface area contributed by atoms with E-state index in [2.05, 4.69) is 0 Å². The Morgan fingerprint density at radius 1 is 1.27 bits per heavy atom. The van der Waals surface area contributed by atoms with Crippen LogP contribution in [0.4, 0.5) is 5.69 Å². The third kappa shape index (κ3) is 2.00. The summed E-state index contributed by atoms with van der Waals surface area (Å²) in [5, 5.41) is 11.2. The summed E-state index contributed by atoms with van der Waals surface area (Å²) in [5.74, 6) is -1.08. The van der Waals surface area contributed by atoms with Gasteiger partial charge in [0.1, 0.15) is 0 Å². The molecule has 1 aromatic heterocycles. The van der Waals surface area contributed by atoms with E-state index in [-0.39, 0.29) is 11.6 Å². The first kappa shape index (κ1) is 14.6. The van der Waals surface area contributed by atoms with Crippen LogP contribution in [0.15, 0.2) is 23.7 Å². The van der Waals surface area contributed by atoms with Crippen LogP contribution in [0.25, 0.3) is 17.0 Å². The number of benzene rings is 1. The molecule has 22 heavy (non-hydrogen) atoms. The molecule has 6 nitrogen and oxygen atoms in total. The molecule has 1 N–H and O–H groups in total. The van der Waals surface area contributed by atoms with Crippen molar-refractivity contribution < 1.29 is 18.3 Å². The molecule has 0 saturated heterocycles. The molecular formula is C15H16N2O4S. The van der Waals surface area contributed by atoms with Gasteiger partial charge in [0.25, 0.3) is 10.0 Å². The summed E-state index contributed by atoms with van der Waals surface area (Å²) in [6.45, 7) is 3.98. The van der Waals surface area contributed by atoms with Gasteiger partial charge in [-0.05, 0) is 32.1 Å². The Morgan fingerprint density at radius 2 is 1.95 bits per heavy atom. The van der Waals surface area contributed by atoms with Crippen LogP contribution in [0.5, 0.6) is 0 Å². The number of hydrogen-bond acceptors (Lipinski definition) is 3. The number of aromatic carboxylic acids is 1. The predicted molar refractivity (Wildman–Crippen MR) is 85.6 cm³/mol. The molecule has 0 fully saturated rings. The van der Waals surface area contributed by atoms with Crippen molar-refractivity contribution in [3.63, 3.8) is 0 Å². The van der Waals surface area contributed by atoms with Gasteiger partial charge in [0.2, 0.25) is 0 Å². The molecule has 0 atom stereocenters. The van der Waals surface area contributed by atoms with Gasteiger partial charge in [-0.15, -0.1) is 0 Å². The second kappa shape index (κ2) is 4.61. The lowest BCUT2D eigenvalue weighted by Crippen LogP contribution is -2.24. The van der Waals surface area contributed by atoms with E-state index in [0.717, 1.165) is 20.7 Å². The number of sulfonamides is 1. The van der Waals surface area contributed by atoms with Crippen LogP contribution < -0.4 is 4.31 Å². The standard InChI is InChI=1S/C15H16N2O4S/c1-9(2)17-8-10-4-5-22(20,21)16(3)12-6-11(15(18)19)7-13(17)14(10)12/h4-9H,1-3H3,(H,18,19). The van der Waals surface area contributed by atoms with Gasteiger partial charge in [0, 0.05) is 30.2 Å². The molecule has 0 bridgehead atoms. The van der Waals surface area contributed by atoms with E-state index in [0.29, 0.717) is 11.2 Å². The van der Waals surface area contributed by atoms with E-state index in [4.69, 9.17) is 0 Å². The molecule has 0 radical (unpaired) electrons. The predicted octanol–water partition coefficient (Wildman–Crippen LogP) is 2.67. The number of carboxylic acids is 1. The minimum absolute atomic E-state index is 0.0676. The molecule has 0 aliphatic carbocycles. The number of anilines is 1. The number of carboxylic acid groups (broad SMARTS) is 1. The Hall–Kier alpha value is -2.28. The fraction of sp³-hybridized carbons (Fsp3) is 0.267. The van der Waals surface area contributed by atoms with Gasteiger partial charge in [-0.3, -0.25) is 4.31 Å². The molecule has 2 aromatic rings. The van der Waals surface area contributed by atoms with E-state index in [1.54, 1.807) is 12.1 Å². The SMILES string of the molecule is CC(C)n1cc2c3c(cc(C(=O)O)cc31)N(C)S(=O)(=O)C=C2. The lowest BCUT2D eigenvalue weighted by Gasteiger charge is -2.19. The molecule has 0 spiro atoms. The van der Waals surface area contributed by atoms with Crippen molar-refractivity contribution in [1.82, 2.24) is 4.57 Å². The van der Waals surface area contributed by atoms with Crippen LogP contribution in [-0.2, 0) is 10.0 Å². The molecule has 1 aliphatic rings. The van der Waals surface area contributed by atoms with Crippen LogP contribution in [0, 0.1) is 0 Å². The minimum atomic E-state index is -3.61. The fourth-order valence-corrected chi connectivity index (χ4v) is 3.63. The third-order valence-corrected chi connectivity index (χ3v) is 5.33. The van der Waals surface area contributed by atoms with E-state index in [1.165, 1.54) is 13.1 Å². The maximum atomic E-state index is 12.2.